The van der Waals surface area contributed by atoms with Crippen LogP contribution in [0.2, 0.25) is 0 Å². The standard InChI is InChI=1S/C27H54O2/c1-12-16-25(8,9)22(14-3)28-27(19-21(5)18-24(6,7)20-27)29-23(15-4)26(10,11)17-13-2/h21-23H,12-20H2,1-11H3. The molecule has 0 saturated heterocycles. The summed E-state index contributed by atoms with van der Waals surface area (Å²) in [6, 6.07) is 0. The van der Waals surface area contributed by atoms with Gasteiger partial charge in [-0.15, -0.1) is 0 Å². The second-order valence-corrected chi connectivity index (χ2v) is 12.3. The van der Waals surface area contributed by atoms with Gasteiger partial charge in [0.05, 0.1) is 12.2 Å². The van der Waals surface area contributed by atoms with Gasteiger partial charge in [0, 0.05) is 12.8 Å². The van der Waals surface area contributed by atoms with E-state index in [1.165, 1.54) is 32.1 Å². The lowest BCUT2D eigenvalue weighted by atomic mass is 9.69. The molecule has 0 heterocycles. The average molecular weight is 411 g/mol. The van der Waals surface area contributed by atoms with Gasteiger partial charge in [0.2, 0.25) is 0 Å². The molecule has 3 atom stereocenters. The molecular weight excluding hydrogens is 356 g/mol. The zero-order valence-electron chi connectivity index (χ0n) is 21.9. The summed E-state index contributed by atoms with van der Waals surface area (Å²) in [6.45, 7) is 25.9. The number of hydrogen-bond donors (Lipinski definition) is 0. The highest BCUT2D eigenvalue weighted by Crippen LogP contribution is 2.50. The van der Waals surface area contributed by atoms with Gasteiger partial charge in [-0.05, 0) is 54.3 Å². The summed E-state index contributed by atoms with van der Waals surface area (Å²) in [6.07, 6.45) is 10.6. The minimum atomic E-state index is -0.460. The second kappa shape index (κ2) is 10.5. The molecule has 1 aliphatic rings. The van der Waals surface area contributed by atoms with Crippen LogP contribution >= 0.6 is 0 Å². The fourth-order valence-corrected chi connectivity index (χ4v) is 6.35. The Morgan fingerprint density at radius 2 is 1.21 bits per heavy atom. The summed E-state index contributed by atoms with van der Waals surface area (Å²) < 4.78 is 14.3. The van der Waals surface area contributed by atoms with Gasteiger partial charge in [-0.2, -0.15) is 0 Å². The fraction of sp³-hybridized carbons (Fsp3) is 1.00. The monoisotopic (exact) mass is 410 g/mol. The van der Waals surface area contributed by atoms with Crippen molar-refractivity contribution >= 4 is 0 Å². The number of rotatable bonds is 12. The summed E-state index contributed by atoms with van der Waals surface area (Å²) in [5.41, 5.74) is 0.592. The van der Waals surface area contributed by atoms with Gasteiger partial charge < -0.3 is 9.47 Å². The Kier molecular flexibility index (Phi) is 9.75. The van der Waals surface area contributed by atoms with E-state index in [2.05, 4.69) is 76.2 Å². The highest BCUT2D eigenvalue weighted by molar-refractivity contribution is 4.93. The van der Waals surface area contributed by atoms with Crippen molar-refractivity contribution in [3.05, 3.63) is 0 Å². The molecule has 0 spiro atoms. The summed E-state index contributed by atoms with van der Waals surface area (Å²) in [4.78, 5) is 0. The molecule has 0 aromatic heterocycles. The Balaban J connectivity index is 3.28. The highest BCUT2D eigenvalue weighted by Gasteiger charge is 2.50. The van der Waals surface area contributed by atoms with Crippen LogP contribution in [0.25, 0.3) is 0 Å². The van der Waals surface area contributed by atoms with Crippen molar-refractivity contribution in [2.75, 3.05) is 0 Å². The van der Waals surface area contributed by atoms with Crippen molar-refractivity contribution in [3.63, 3.8) is 0 Å². The van der Waals surface area contributed by atoms with Crippen molar-refractivity contribution in [1.82, 2.24) is 0 Å². The Bertz CT molecular complexity index is 449. The van der Waals surface area contributed by atoms with E-state index in [1.54, 1.807) is 0 Å². The maximum absolute atomic E-state index is 7.14. The first-order valence-corrected chi connectivity index (χ1v) is 12.6. The molecule has 1 aliphatic carbocycles. The van der Waals surface area contributed by atoms with Crippen LogP contribution in [-0.4, -0.2) is 18.0 Å². The van der Waals surface area contributed by atoms with Gasteiger partial charge in [-0.3, -0.25) is 0 Å². The van der Waals surface area contributed by atoms with Crippen LogP contribution in [0.5, 0.6) is 0 Å². The van der Waals surface area contributed by atoms with Crippen molar-refractivity contribution in [2.24, 2.45) is 22.2 Å². The van der Waals surface area contributed by atoms with Crippen LogP contribution in [0.1, 0.15) is 134 Å². The Morgan fingerprint density at radius 1 is 0.793 bits per heavy atom. The van der Waals surface area contributed by atoms with Crippen LogP contribution in [0.4, 0.5) is 0 Å². The largest absolute Gasteiger partial charge is 0.346 e. The Labute approximate surface area is 183 Å². The molecule has 0 radical (unpaired) electrons. The van der Waals surface area contributed by atoms with Gasteiger partial charge in [-0.25, -0.2) is 0 Å². The molecule has 0 N–H and O–H groups in total. The van der Waals surface area contributed by atoms with Crippen LogP contribution in [0, 0.1) is 22.2 Å². The van der Waals surface area contributed by atoms with E-state index in [0.717, 1.165) is 25.7 Å². The zero-order chi connectivity index (χ0) is 22.5. The van der Waals surface area contributed by atoms with E-state index in [-0.39, 0.29) is 28.5 Å². The highest BCUT2D eigenvalue weighted by atomic mass is 16.7. The topological polar surface area (TPSA) is 18.5 Å². The average Bonchev–Trinajstić information content (AvgIpc) is 2.55. The second-order valence-electron chi connectivity index (χ2n) is 12.3. The van der Waals surface area contributed by atoms with Gasteiger partial charge >= 0.3 is 0 Å². The Hall–Kier alpha value is -0.0800. The fourth-order valence-electron chi connectivity index (χ4n) is 6.35. The van der Waals surface area contributed by atoms with E-state index in [9.17, 15) is 0 Å². The molecule has 0 amide bonds. The molecule has 29 heavy (non-hydrogen) atoms. The van der Waals surface area contributed by atoms with Crippen molar-refractivity contribution in [3.8, 4) is 0 Å². The maximum atomic E-state index is 7.14. The first kappa shape index (κ1) is 27.0. The quantitative estimate of drug-likeness (QED) is 0.299. The van der Waals surface area contributed by atoms with Crippen molar-refractivity contribution in [2.45, 2.75) is 152 Å². The molecular formula is C27H54O2. The van der Waals surface area contributed by atoms with Crippen molar-refractivity contribution < 1.29 is 9.47 Å². The first-order chi connectivity index (χ1) is 13.3. The maximum Gasteiger partial charge on any atom is 0.169 e. The summed E-state index contributed by atoms with van der Waals surface area (Å²) in [5.74, 6) is 0.163. The zero-order valence-corrected chi connectivity index (χ0v) is 21.9. The lowest BCUT2D eigenvalue weighted by Gasteiger charge is -2.52. The molecule has 0 aliphatic heterocycles. The van der Waals surface area contributed by atoms with Crippen LogP contribution in [-0.2, 0) is 9.47 Å². The predicted octanol–water partition coefficient (Wildman–Crippen LogP) is 8.77. The van der Waals surface area contributed by atoms with E-state index < -0.39 is 5.79 Å². The molecule has 2 nitrogen and oxygen atoms in total. The predicted molar refractivity (Wildman–Crippen MR) is 127 cm³/mol. The molecule has 3 unspecified atom stereocenters. The van der Waals surface area contributed by atoms with Crippen LogP contribution in [0.15, 0.2) is 0 Å². The first-order valence-electron chi connectivity index (χ1n) is 12.6. The molecule has 174 valence electrons. The number of ether oxygens (including phenoxy) is 2. The lowest BCUT2D eigenvalue weighted by Crippen LogP contribution is -2.53. The third kappa shape index (κ3) is 7.53. The van der Waals surface area contributed by atoms with E-state index in [4.69, 9.17) is 9.47 Å². The van der Waals surface area contributed by atoms with Gasteiger partial charge in [-0.1, -0.05) is 89.0 Å². The van der Waals surface area contributed by atoms with Gasteiger partial charge in [0.25, 0.3) is 0 Å². The third-order valence-corrected chi connectivity index (χ3v) is 7.30. The van der Waals surface area contributed by atoms with Crippen LogP contribution in [0.3, 0.4) is 0 Å². The molecule has 0 aromatic carbocycles. The minimum Gasteiger partial charge on any atom is -0.346 e. The van der Waals surface area contributed by atoms with E-state index in [1.807, 2.05) is 0 Å². The lowest BCUT2D eigenvalue weighted by molar-refractivity contribution is -0.332. The number of hydrogen-bond acceptors (Lipinski definition) is 2. The normalized spacial score (nSPS) is 27.6. The summed E-state index contributed by atoms with van der Waals surface area (Å²) in [5, 5.41) is 0. The molecule has 1 fully saturated rings. The molecule has 2 heteroatoms. The van der Waals surface area contributed by atoms with Crippen LogP contribution < -0.4 is 0 Å². The van der Waals surface area contributed by atoms with Gasteiger partial charge in [0.1, 0.15) is 0 Å². The summed E-state index contributed by atoms with van der Waals surface area (Å²) in [7, 11) is 0. The smallest absolute Gasteiger partial charge is 0.169 e. The third-order valence-electron chi connectivity index (χ3n) is 7.30. The minimum absolute atomic E-state index is 0.172. The van der Waals surface area contributed by atoms with Gasteiger partial charge in [0.15, 0.2) is 5.79 Å². The molecule has 0 bridgehead atoms. The molecule has 1 saturated carbocycles. The van der Waals surface area contributed by atoms with E-state index >= 15 is 0 Å². The van der Waals surface area contributed by atoms with E-state index in [0.29, 0.717) is 5.92 Å². The summed E-state index contributed by atoms with van der Waals surface area (Å²) >= 11 is 0. The SMILES string of the molecule is CCCC(C)(C)C(CC)OC1(OC(CC)C(C)(C)CCC)CC(C)CC(C)(C)C1. The molecule has 1 rings (SSSR count). The Morgan fingerprint density at radius 3 is 1.52 bits per heavy atom. The molecule has 0 aromatic rings. The van der Waals surface area contributed by atoms with Crippen molar-refractivity contribution in [1.29, 1.82) is 0 Å².